The fourth-order valence-corrected chi connectivity index (χ4v) is 4.62. The molecule has 0 heterocycles. The molecule has 5 nitrogen and oxygen atoms in total. The number of ether oxygens (including phenoxy) is 1. The third-order valence-corrected chi connectivity index (χ3v) is 6.39. The fourth-order valence-electron chi connectivity index (χ4n) is 3.89. The Bertz CT molecular complexity index is 935. The van der Waals surface area contributed by atoms with Crippen molar-refractivity contribution in [2.45, 2.75) is 57.7 Å². The molecule has 0 saturated heterocycles. The lowest BCUT2D eigenvalue weighted by molar-refractivity contribution is -0.143. The predicted molar refractivity (Wildman–Crippen MR) is 126 cm³/mol. The number of benzene rings is 2. The van der Waals surface area contributed by atoms with Crippen molar-refractivity contribution < 1.29 is 18.7 Å². The number of hydrogen-bond donors (Lipinski definition) is 1. The van der Waals surface area contributed by atoms with Crippen molar-refractivity contribution in [2.24, 2.45) is 0 Å². The Morgan fingerprint density at radius 1 is 1.22 bits per heavy atom. The molecule has 1 saturated carbocycles. The maximum atomic E-state index is 13.4. The van der Waals surface area contributed by atoms with E-state index in [0.717, 1.165) is 35.7 Å². The fraction of sp³-hybridized carbons (Fsp3) is 0.417. The van der Waals surface area contributed by atoms with Crippen LogP contribution in [0.2, 0.25) is 5.02 Å². The number of nitrogens with one attached hydrogen (secondary N) is 1. The number of carbonyl (C=O) groups is 2. The summed E-state index contributed by atoms with van der Waals surface area (Å²) < 4.78 is 19.8. The van der Waals surface area contributed by atoms with E-state index < -0.39 is 6.04 Å². The van der Waals surface area contributed by atoms with Crippen LogP contribution in [0.5, 0.6) is 5.75 Å². The van der Waals surface area contributed by atoms with Crippen LogP contribution < -0.4 is 10.1 Å². The monoisotopic (exact) mass is 524 g/mol. The summed E-state index contributed by atoms with van der Waals surface area (Å²) in [7, 11) is 0. The summed E-state index contributed by atoms with van der Waals surface area (Å²) in [5.74, 6) is -0.488. The second kappa shape index (κ2) is 11.7. The first kappa shape index (κ1) is 24.5. The molecule has 0 aromatic heterocycles. The van der Waals surface area contributed by atoms with Crippen LogP contribution in [0.25, 0.3) is 0 Å². The highest BCUT2D eigenvalue weighted by Gasteiger charge is 2.31. The number of halogens is 3. The van der Waals surface area contributed by atoms with Crippen LogP contribution in [-0.4, -0.2) is 35.4 Å². The Hall–Kier alpha value is -2.12. The molecule has 1 N–H and O–H groups in total. The summed E-state index contributed by atoms with van der Waals surface area (Å²) >= 11 is 9.53. The first-order chi connectivity index (χ1) is 15.4. The molecule has 1 fully saturated rings. The van der Waals surface area contributed by atoms with Gasteiger partial charge in [0.1, 0.15) is 17.6 Å². The first-order valence-corrected chi connectivity index (χ1v) is 12.0. The molecular formula is C24H27BrClFN2O3. The SMILES string of the molecule is CC[C@H](C(=O)NC1CCCC1)N(Cc1ccc(F)cc1)C(=O)COc1ccc(Br)cc1Cl. The minimum Gasteiger partial charge on any atom is -0.482 e. The van der Waals surface area contributed by atoms with Crippen LogP contribution in [0.1, 0.15) is 44.6 Å². The van der Waals surface area contributed by atoms with E-state index in [9.17, 15) is 14.0 Å². The van der Waals surface area contributed by atoms with Gasteiger partial charge in [0.05, 0.1) is 5.02 Å². The van der Waals surface area contributed by atoms with Crippen LogP contribution >= 0.6 is 27.5 Å². The van der Waals surface area contributed by atoms with E-state index in [0.29, 0.717) is 17.2 Å². The Balaban J connectivity index is 1.76. The summed E-state index contributed by atoms with van der Waals surface area (Å²) in [6, 6.07) is 10.5. The van der Waals surface area contributed by atoms with Gasteiger partial charge >= 0.3 is 0 Å². The van der Waals surface area contributed by atoms with Crippen molar-refractivity contribution in [1.29, 1.82) is 0 Å². The summed E-state index contributed by atoms with van der Waals surface area (Å²) in [5, 5.41) is 3.47. The summed E-state index contributed by atoms with van der Waals surface area (Å²) in [6.07, 6.45) is 4.56. The van der Waals surface area contributed by atoms with E-state index in [1.807, 2.05) is 6.92 Å². The third kappa shape index (κ3) is 6.69. The van der Waals surface area contributed by atoms with Crippen molar-refractivity contribution in [2.75, 3.05) is 6.61 Å². The highest BCUT2D eigenvalue weighted by molar-refractivity contribution is 9.10. The molecule has 32 heavy (non-hydrogen) atoms. The molecule has 2 amide bonds. The Kier molecular flexibility index (Phi) is 8.93. The van der Waals surface area contributed by atoms with Crippen LogP contribution in [-0.2, 0) is 16.1 Å². The van der Waals surface area contributed by atoms with Gasteiger partial charge in [-0.15, -0.1) is 0 Å². The Morgan fingerprint density at radius 3 is 2.53 bits per heavy atom. The van der Waals surface area contributed by atoms with E-state index in [4.69, 9.17) is 16.3 Å². The molecule has 172 valence electrons. The lowest BCUT2D eigenvalue weighted by atomic mass is 10.1. The molecule has 8 heteroatoms. The average Bonchev–Trinajstić information content (AvgIpc) is 3.27. The van der Waals surface area contributed by atoms with E-state index >= 15 is 0 Å². The summed E-state index contributed by atoms with van der Waals surface area (Å²) in [4.78, 5) is 27.8. The molecule has 1 aliphatic carbocycles. The van der Waals surface area contributed by atoms with Gasteiger partial charge in [-0.25, -0.2) is 4.39 Å². The lowest BCUT2D eigenvalue weighted by Gasteiger charge is -2.31. The quantitative estimate of drug-likeness (QED) is 0.471. The van der Waals surface area contributed by atoms with Gasteiger partial charge in [0, 0.05) is 17.1 Å². The lowest BCUT2D eigenvalue weighted by Crippen LogP contribution is -2.52. The zero-order chi connectivity index (χ0) is 23.1. The summed E-state index contributed by atoms with van der Waals surface area (Å²) in [6.45, 7) is 1.78. The number of hydrogen-bond acceptors (Lipinski definition) is 3. The van der Waals surface area contributed by atoms with Crippen molar-refractivity contribution in [3.63, 3.8) is 0 Å². The van der Waals surface area contributed by atoms with Crippen LogP contribution in [0.4, 0.5) is 4.39 Å². The van der Waals surface area contributed by atoms with Crippen molar-refractivity contribution in [1.82, 2.24) is 10.2 Å². The van der Waals surface area contributed by atoms with Gasteiger partial charge in [0.15, 0.2) is 6.61 Å². The molecule has 3 rings (SSSR count). The Morgan fingerprint density at radius 2 is 1.91 bits per heavy atom. The Labute approximate surface area is 201 Å². The molecule has 2 aromatic carbocycles. The van der Waals surface area contributed by atoms with Gasteiger partial charge in [0.2, 0.25) is 5.91 Å². The molecular weight excluding hydrogens is 499 g/mol. The maximum Gasteiger partial charge on any atom is 0.261 e. The maximum absolute atomic E-state index is 13.4. The van der Waals surface area contributed by atoms with E-state index in [-0.39, 0.29) is 36.8 Å². The second-order valence-corrected chi connectivity index (χ2v) is 9.25. The van der Waals surface area contributed by atoms with Crippen molar-refractivity contribution in [3.05, 3.63) is 63.3 Å². The second-order valence-electron chi connectivity index (χ2n) is 7.93. The van der Waals surface area contributed by atoms with Gasteiger partial charge in [-0.2, -0.15) is 0 Å². The van der Waals surface area contributed by atoms with Crippen LogP contribution in [0, 0.1) is 5.82 Å². The summed E-state index contributed by atoms with van der Waals surface area (Å²) in [5.41, 5.74) is 0.730. The number of carbonyl (C=O) groups excluding carboxylic acids is 2. The zero-order valence-electron chi connectivity index (χ0n) is 18.0. The van der Waals surface area contributed by atoms with E-state index in [1.165, 1.54) is 17.0 Å². The number of nitrogens with zero attached hydrogens (tertiary/aromatic N) is 1. The number of amides is 2. The topological polar surface area (TPSA) is 58.6 Å². The van der Waals surface area contributed by atoms with Crippen molar-refractivity contribution >= 4 is 39.3 Å². The van der Waals surface area contributed by atoms with Gasteiger partial charge in [0.25, 0.3) is 5.91 Å². The van der Waals surface area contributed by atoms with Crippen LogP contribution in [0.15, 0.2) is 46.9 Å². The predicted octanol–water partition coefficient (Wildman–Crippen LogP) is 5.49. The third-order valence-electron chi connectivity index (χ3n) is 5.60. The smallest absolute Gasteiger partial charge is 0.261 e. The highest BCUT2D eigenvalue weighted by atomic mass is 79.9. The molecule has 0 radical (unpaired) electrons. The van der Waals surface area contributed by atoms with E-state index in [2.05, 4.69) is 21.2 Å². The minimum atomic E-state index is -0.655. The van der Waals surface area contributed by atoms with Gasteiger partial charge in [-0.1, -0.05) is 59.4 Å². The normalized spacial score (nSPS) is 14.8. The van der Waals surface area contributed by atoms with Gasteiger partial charge in [-0.3, -0.25) is 9.59 Å². The first-order valence-electron chi connectivity index (χ1n) is 10.8. The van der Waals surface area contributed by atoms with E-state index in [1.54, 1.807) is 30.3 Å². The molecule has 0 spiro atoms. The molecule has 2 aromatic rings. The average molecular weight is 526 g/mol. The highest BCUT2D eigenvalue weighted by Crippen LogP contribution is 2.28. The van der Waals surface area contributed by atoms with Gasteiger partial charge in [-0.05, 0) is 55.2 Å². The molecule has 0 bridgehead atoms. The zero-order valence-corrected chi connectivity index (χ0v) is 20.3. The number of rotatable bonds is 9. The molecule has 0 aliphatic heterocycles. The van der Waals surface area contributed by atoms with Crippen LogP contribution in [0.3, 0.4) is 0 Å². The van der Waals surface area contributed by atoms with Crippen molar-refractivity contribution in [3.8, 4) is 5.75 Å². The molecule has 0 unspecified atom stereocenters. The largest absolute Gasteiger partial charge is 0.482 e. The molecule has 1 atom stereocenters. The minimum absolute atomic E-state index is 0.150. The van der Waals surface area contributed by atoms with Gasteiger partial charge < -0.3 is 15.0 Å². The standard InChI is InChI=1S/C24H27BrClFN2O3/c1-2-21(24(31)28-19-5-3-4-6-19)29(14-16-7-10-18(27)11-8-16)23(30)15-32-22-12-9-17(25)13-20(22)26/h7-13,19,21H,2-6,14-15H2,1H3,(H,28,31)/t21-/m1/s1. The molecule has 1 aliphatic rings.